The number of nitrogens with zero attached hydrogens (tertiary/aromatic N) is 2. The second kappa shape index (κ2) is 6.51. The highest BCUT2D eigenvalue weighted by Gasteiger charge is 2.56. The van der Waals surface area contributed by atoms with Crippen molar-refractivity contribution in [2.45, 2.75) is 29.9 Å². The number of sulfonamides is 1. The van der Waals surface area contributed by atoms with Crippen LogP contribution in [0.25, 0.3) is 5.57 Å². The molecule has 1 aliphatic carbocycles. The van der Waals surface area contributed by atoms with E-state index in [0.29, 0.717) is 10.6 Å². The minimum atomic E-state index is -4.08. The molecule has 4 N–H and O–H groups in total. The Hall–Kier alpha value is -2.01. The summed E-state index contributed by atoms with van der Waals surface area (Å²) < 4.78 is 48.9. The Morgan fingerprint density at radius 1 is 1.18 bits per heavy atom. The summed E-state index contributed by atoms with van der Waals surface area (Å²) in [4.78, 5) is -1.91. The van der Waals surface area contributed by atoms with Crippen molar-refractivity contribution in [3.63, 3.8) is 0 Å². The van der Waals surface area contributed by atoms with Gasteiger partial charge in [-0.1, -0.05) is 35.9 Å². The lowest BCUT2D eigenvalue weighted by Crippen LogP contribution is -2.47. The Kier molecular flexibility index (Phi) is 4.82. The Morgan fingerprint density at radius 3 is 2.39 bits per heavy atom. The summed E-state index contributed by atoms with van der Waals surface area (Å²) in [5.74, 6) is -0.0162. The topological polar surface area (TPSA) is 145 Å². The summed E-state index contributed by atoms with van der Waals surface area (Å²) in [6, 6.07) is 6.59. The summed E-state index contributed by atoms with van der Waals surface area (Å²) in [6.07, 6.45) is 3.70. The van der Waals surface area contributed by atoms with Crippen LogP contribution in [0.1, 0.15) is 25.8 Å². The largest absolute Gasteiger partial charge is 0.382 e. The maximum atomic E-state index is 13.7. The molecule has 0 fully saturated rings. The van der Waals surface area contributed by atoms with E-state index in [4.69, 9.17) is 22.5 Å². The highest BCUT2D eigenvalue weighted by Crippen LogP contribution is 2.48. The number of benzene rings is 1. The van der Waals surface area contributed by atoms with E-state index in [2.05, 4.69) is 10.2 Å². The van der Waals surface area contributed by atoms with Crippen LogP contribution in [0.3, 0.4) is 0 Å². The molecule has 1 aliphatic heterocycles. The quantitative estimate of drug-likeness (QED) is 0.735. The van der Waals surface area contributed by atoms with Crippen LogP contribution in [0, 0.1) is 0 Å². The Bertz CT molecular complexity index is 1190. The van der Waals surface area contributed by atoms with Crippen LogP contribution in [-0.4, -0.2) is 26.5 Å². The van der Waals surface area contributed by atoms with Crippen LogP contribution >= 0.6 is 11.6 Å². The molecule has 1 heterocycles. The predicted octanol–water partition coefficient (Wildman–Crippen LogP) is 2.46. The monoisotopic (exact) mass is 442 g/mol. The van der Waals surface area contributed by atoms with Crippen LogP contribution in [0.4, 0.5) is 0 Å². The van der Waals surface area contributed by atoms with Crippen molar-refractivity contribution in [2.24, 2.45) is 21.1 Å². The summed E-state index contributed by atoms with van der Waals surface area (Å²) in [6.45, 7) is 2.90. The van der Waals surface area contributed by atoms with E-state index >= 15 is 0 Å². The van der Waals surface area contributed by atoms with Crippen molar-refractivity contribution in [2.75, 3.05) is 0 Å². The van der Waals surface area contributed by atoms with Gasteiger partial charge in [-0.05, 0) is 44.0 Å². The van der Waals surface area contributed by atoms with Gasteiger partial charge in [-0.15, -0.1) is 5.11 Å². The molecule has 150 valence electrons. The highest BCUT2D eigenvalue weighted by atomic mass is 35.5. The van der Waals surface area contributed by atoms with E-state index in [0.717, 1.165) is 0 Å². The normalized spacial score (nSPS) is 27.9. The third-order valence-electron chi connectivity index (χ3n) is 4.96. The molecule has 2 aliphatic rings. The van der Waals surface area contributed by atoms with Crippen molar-refractivity contribution in [3.8, 4) is 0 Å². The lowest BCUT2D eigenvalue weighted by molar-refractivity contribution is 0.535. The zero-order valence-corrected chi connectivity index (χ0v) is 17.5. The number of hydrogen-bond donors (Lipinski definition) is 2. The lowest BCUT2D eigenvalue weighted by Gasteiger charge is -2.35. The first-order chi connectivity index (χ1) is 12.8. The molecule has 2 unspecified atom stereocenters. The van der Waals surface area contributed by atoms with Gasteiger partial charge < -0.3 is 5.73 Å². The molecular formula is C17H19ClN4O4S2. The van der Waals surface area contributed by atoms with Gasteiger partial charge in [0.2, 0.25) is 14.9 Å². The minimum Gasteiger partial charge on any atom is -0.382 e. The first kappa shape index (κ1) is 20.7. The van der Waals surface area contributed by atoms with Crippen LogP contribution in [0.2, 0.25) is 5.02 Å². The molecular weight excluding hydrogens is 424 g/mol. The van der Waals surface area contributed by atoms with Crippen LogP contribution in [0.15, 0.2) is 63.4 Å². The molecule has 0 saturated carbocycles. The SMILES string of the molecule is CC1(S(=O)(=O)C2(C)N=NC(N)=C2c2cccc(Cl)c2)C=CC(S(N)(=O)=O)=CC1. The zero-order valence-electron chi connectivity index (χ0n) is 15.1. The molecule has 0 aromatic heterocycles. The number of halogens is 1. The fraction of sp³-hybridized carbons (Fsp3) is 0.294. The van der Waals surface area contributed by atoms with E-state index < -0.39 is 29.5 Å². The van der Waals surface area contributed by atoms with Gasteiger partial charge in [0, 0.05) is 10.6 Å². The number of primary sulfonamides is 1. The lowest BCUT2D eigenvalue weighted by atomic mass is 10.00. The summed E-state index contributed by atoms with van der Waals surface area (Å²) in [5, 5.41) is 13.4. The molecule has 1 aromatic carbocycles. The number of hydrogen-bond acceptors (Lipinski definition) is 7. The number of sulfone groups is 1. The second-order valence-electron chi connectivity index (χ2n) is 6.96. The molecule has 0 amide bonds. The highest BCUT2D eigenvalue weighted by molar-refractivity contribution is 7.95. The Labute approximate surface area is 168 Å². The van der Waals surface area contributed by atoms with Crippen molar-refractivity contribution in [1.29, 1.82) is 0 Å². The molecule has 2 atom stereocenters. The molecule has 8 nitrogen and oxygen atoms in total. The average molecular weight is 443 g/mol. The molecule has 11 heteroatoms. The molecule has 0 radical (unpaired) electrons. The van der Waals surface area contributed by atoms with Gasteiger partial charge in [0.15, 0.2) is 15.7 Å². The van der Waals surface area contributed by atoms with Gasteiger partial charge >= 0.3 is 0 Å². The maximum Gasteiger partial charge on any atom is 0.237 e. The van der Waals surface area contributed by atoms with Crippen molar-refractivity contribution >= 4 is 37.0 Å². The van der Waals surface area contributed by atoms with Gasteiger partial charge in [-0.2, -0.15) is 5.11 Å². The van der Waals surface area contributed by atoms with Crippen molar-refractivity contribution < 1.29 is 16.8 Å². The van der Waals surface area contributed by atoms with Gasteiger partial charge in [-0.3, -0.25) is 0 Å². The second-order valence-corrected chi connectivity index (χ2v) is 11.7. The van der Waals surface area contributed by atoms with Crippen LogP contribution < -0.4 is 10.9 Å². The summed E-state index contributed by atoms with van der Waals surface area (Å²) in [7, 11) is -8.01. The fourth-order valence-corrected chi connectivity index (χ4v) is 6.16. The van der Waals surface area contributed by atoms with Gasteiger partial charge in [0.05, 0.1) is 9.65 Å². The summed E-state index contributed by atoms with van der Waals surface area (Å²) >= 11 is 6.05. The molecule has 0 spiro atoms. The van der Waals surface area contributed by atoms with Crippen LogP contribution in [0.5, 0.6) is 0 Å². The van der Waals surface area contributed by atoms with Gasteiger partial charge in [0.25, 0.3) is 0 Å². The predicted molar refractivity (Wildman–Crippen MR) is 108 cm³/mol. The smallest absolute Gasteiger partial charge is 0.237 e. The van der Waals surface area contributed by atoms with Crippen LogP contribution in [-0.2, 0) is 19.9 Å². The first-order valence-electron chi connectivity index (χ1n) is 8.17. The third-order valence-corrected chi connectivity index (χ3v) is 9.01. The number of azo groups is 1. The molecule has 1 aromatic rings. The van der Waals surface area contributed by atoms with E-state index in [1.807, 2.05) is 0 Å². The van der Waals surface area contributed by atoms with Gasteiger partial charge in [-0.25, -0.2) is 22.0 Å². The van der Waals surface area contributed by atoms with E-state index in [9.17, 15) is 16.8 Å². The van der Waals surface area contributed by atoms with E-state index in [1.165, 1.54) is 32.1 Å². The third kappa shape index (κ3) is 3.10. The number of nitrogens with two attached hydrogens (primary N) is 2. The van der Waals surface area contributed by atoms with Gasteiger partial charge in [0.1, 0.15) is 0 Å². The molecule has 0 saturated heterocycles. The van der Waals surface area contributed by atoms with Crippen molar-refractivity contribution in [3.05, 3.63) is 63.8 Å². The van der Waals surface area contributed by atoms with E-state index in [-0.39, 0.29) is 22.7 Å². The molecule has 0 bridgehead atoms. The average Bonchev–Trinajstić information content (AvgIpc) is 2.91. The first-order valence-corrected chi connectivity index (χ1v) is 11.6. The fourth-order valence-electron chi connectivity index (χ4n) is 3.30. The summed E-state index contributed by atoms with van der Waals surface area (Å²) in [5.41, 5.74) is 6.69. The Balaban J connectivity index is 2.10. The molecule has 3 rings (SSSR count). The Morgan fingerprint density at radius 2 is 1.86 bits per heavy atom. The standard InChI is InChI=1S/C17H19ClN4O4S2/c1-16(8-6-13(7-9-16)27(20,23)24)28(25,26)17(2)14(15(19)21-22-17)11-4-3-5-12(18)10-11/h3-8,10H,9,19H2,1-2H3,(H2,20,23,24). The minimum absolute atomic E-state index is 0.0162. The number of allylic oxidation sites excluding steroid dienone is 2. The zero-order chi connectivity index (χ0) is 21.0. The maximum absolute atomic E-state index is 13.7. The number of rotatable bonds is 4. The van der Waals surface area contributed by atoms with E-state index in [1.54, 1.807) is 24.3 Å². The van der Waals surface area contributed by atoms with Crippen molar-refractivity contribution in [1.82, 2.24) is 0 Å². The molecule has 28 heavy (non-hydrogen) atoms.